The van der Waals surface area contributed by atoms with Gasteiger partial charge in [-0.05, 0) is 48.2 Å². The second kappa shape index (κ2) is 9.43. The third kappa shape index (κ3) is 5.06. The number of para-hydroxylation sites is 1. The van der Waals surface area contributed by atoms with Crippen molar-refractivity contribution in [2.24, 2.45) is 0 Å². The zero-order valence-electron chi connectivity index (χ0n) is 16.2. The topological polar surface area (TPSA) is 68.3 Å². The molecule has 0 aliphatic heterocycles. The number of thiazole rings is 1. The van der Waals surface area contributed by atoms with Crippen LogP contribution in [0, 0.1) is 5.82 Å². The molecule has 0 unspecified atom stereocenters. The van der Waals surface area contributed by atoms with E-state index in [0.29, 0.717) is 10.6 Å². The summed E-state index contributed by atoms with van der Waals surface area (Å²) in [6.45, 7) is 3.64. The Morgan fingerprint density at radius 3 is 2.34 bits per heavy atom. The molecule has 5 nitrogen and oxygen atoms in total. The highest BCUT2D eigenvalue weighted by Crippen LogP contribution is 2.25. The van der Waals surface area contributed by atoms with Gasteiger partial charge in [0.25, 0.3) is 5.91 Å². The number of anilines is 1. The molecule has 0 saturated carbocycles. The molecule has 150 valence electrons. The fraction of sp³-hybridized carbons (Fsp3) is 0.227. The standard InChI is InChI=1S/C22H21FN2O3S/c1-3-14-6-5-7-15(4-2)20(14)25-19(26)12-28-22(27)18-13-29-21(24-18)16-8-10-17(23)11-9-16/h5-11,13H,3-4,12H2,1-2H3,(H,25,26). The van der Waals surface area contributed by atoms with Crippen LogP contribution in [-0.2, 0) is 22.4 Å². The molecule has 0 fully saturated rings. The van der Waals surface area contributed by atoms with Crippen LogP contribution in [0.25, 0.3) is 10.6 Å². The van der Waals surface area contributed by atoms with E-state index in [9.17, 15) is 14.0 Å². The number of carbonyl (C=O) groups is 2. The fourth-order valence-electron chi connectivity index (χ4n) is 2.88. The molecule has 7 heteroatoms. The molecular weight excluding hydrogens is 391 g/mol. The number of halogens is 1. The van der Waals surface area contributed by atoms with Gasteiger partial charge < -0.3 is 10.1 Å². The Bertz CT molecular complexity index is 993. The first kappa shape index (κ1) is 20.7. The van der Waals surface area contributed by atoms with Gasteiger partial charge in [0.1, 0.15) is 10.8 Å². The molecule has 1 N–H and O–H groups in total. The lowest BCUT2D eigenvalue weighted by Crippen LogP contribution is -2.22. The van der Waals surface area contributed by atoms with E-state index in [1.54, 1.807) is 17.5 Å². The molecule has 2 aromatic carbocycles. The van der Waals surface area contributed by atoms with E-state index in [1.165, 1.54) is 23.5 Å². The maximum atomic E-state index is 13.0. The van der Waals surface area contributed by atoms with Crippen LogP contribution in [0.1, 0.15) is 35.5 Å². The number of aryl methyl sites for hydroxylation is 2. The van der Waals surface area contributed by atoms with E-state index in [-0.39, 0.29) is 11.5 Å². The minimum absolute atomic E-state index is 0.116. The van der Waals surface area contributed by atoms with Gasteiger partial charge in [0, 0.05) is 16.6 Å². The van der Waals surface area contributed by atoms with Gasteiger partial charge in [-0.2, -0.15) is 0 Å². The van der Waals surface area contributed by atoms with Gasteiger partial charge >= 0.3 is 5.97 Å². The lowest BCUT2D eigenvalue weighted by molar-refractivity contribution is -0.119. The van der Waals surface area contributed by atoms with Crippen LogP contribution in [-0.4, -0.2) is 23.5 Å². The van der Waals surface area contributed by atoms with Crippen LogP contribution in [0.3, 0.4) is 0 Å². The Morgan fingerprint density at radius 2 is 1.72 bits per heavy atom. The molecule has 0 aliphatic carbocycles. The van der Waals surface area contributed by atoms with E-state index < -0.39 is 18.5 Å². The number of esters is 1. The number of nitrogens with zero attached hydrogens (tertiary/aromatic N) is 1. The molecule has 29 heavy (non-hydrogen) atoms. The molecule has 3 aromatic rings. The van der Waals surface area contributed by atoms with Gasteiger partial charge in [-0.1, -0.05) is 32.0 Å². The molecule has 0 saturated heterocycles. The van der Waals surface area contributed by atoms with Crippen LogP contribution in [0.2, 0.25) is 0 Å². The van der Waals surface area contributed by atoms with E-state index in [0.717, 1.165) is 29.7 Å². The molecule has 3 rings (SSSR count). The highest BCUT2D eigenvalue weighted by atomic mass is 32.1. The summed E-state index contributed by atoms with van der Waals surface area (Å²) in [5, 5.41) is 4.99. The van der Waals surface area contributed by atoms with E-state index in [1.807, 2.05) is 32.0 Å². The molecule has 0 radical (unpaired) electrons. The van der Waals surface area contributed by atoms with Crippen molar-refractivity contribution in [2.75, 3.05) is 11.9 Å². The van der Waals surface area contributed by atoms with Gasteiger partial charge in [-0.3, -0.25) is 4.79 Å². The number of benzene rings is 2. The fourth-order valence-corrected chi connectivity index (χ4v) is 3.67. The molecule has 0 spiro atoms. The Morgan fingerprint density at radius 1 is 1.07 bits per heavy atom. The van der Waals surface area contributed by atoms with Crippen molar-refractivity contribution in [1.29, 1.82) is 0 Å². The Hall–Kier alpha value is -3.06. The van der Waals surface area contributed by atoms with Gasteiger partial charge in [0.15, 0.2) is 12.3 Å². The summed E-state index contributed by atoms with van der Waals surface area (Å²) in [5.74, 6) is -1.42. The molecule has 1 amide bonds. The summed E-state index contributed by atoms with van der Waals surface area (Å²) in [6.07, 6.45) is 1.57. The Kier molecular flexibility index (Phi) is 6.72. The zero-order chi connectivity index (χ0) is 20.8. The van der Waals surface area contributed by atoms with Crippen LogP contribution in [0.4, 0.5) is 10.1 Å². The monoisotopic (exact) mass is 412 g/mol. The van der Waals surface area contributed by atoms with Crippen molar-refractivity contribution in [3.05, 3.63) is 70.5 Å². The van der Waals surface area contributed by atoms with Crippen molar-refractivity contribution in [2.45, 2.75) is 26.7 Å². The molecule has 0 bridgehead atoms. The van der Waals surface area contributed by atoms with Crippen molar-refractivity contribution < 1.29 is 18.7 Å². The van der Waals surface area contributed by atoms with Crippen molar-refractivity contribution in [3.63, 3.8) is 0 Å². The first-order valence-electron chi connectivity index (χ1n) is 9.31. The SMILES string of the molecule is CCc1cccc(CC)c1NC(=O)COC(=O)c1csc(-c2ccc(F)cc2)n1. The van der Waals surface area contributed by atoms with E-state index in [4.69, 9.17) is 4.74 Å². The summed E-state index contributed by atoms with van der Waals surface area (Å²) in [6, 6.07) is 11.7. The second-order valence-electron chi connectivity index (χ2n) is 6.33. The van der Waals surface area contributed by atoms with E-state index in [2.05, 4.69) is 10.3 Å². The molecular formula is C22H21FN2O3S. The molecule has 0 atom stereocenters. The summed E-state index contributed by atoms with van der Waals surface area (Å²) >= 11 is 1.25. The normalized spacial score (nSPS) is 10.6. The van der Waals surface area contributed by atoms with Gasteiger partial charge in [0.2, 0.25) is 0 Å². The third-order valence-electron chi connectivity index (χ3n) is 4.40. The average molecular weight is 412 g/mol. The number of hydrogen-bond acceptors (Lipinski definition) is 5. The second-order valence-corrected chi connectivity index (χ2v) is 7.19. The number of ether oxygens (including phenoxy) is 1. The van der Waals surface area contributed by atoms with Crippen LogP contribution in [0.15, 0.2) is 47.8 Å². The maximum absolute atomic E-state index is 13.0. The predicted molar refractivity (Wildman–Crippen MR) is 112 cm³/mol. The minimum Gasteiger partial charge on any atom is -0.451 e. The average Bonchev–Trinajstić information content (AvgIpc) is 3.23. The predicted octanol–water partition coefficient (Wildman–Crippen LogP) is 4.87. The Balaban J connectivity index is 1.61. The Labute approximate surface area is 172 Å². The van der Waals surface area contributed by atoms with Crippen molar-refractivity contribution in [3.8, 4) is 10.6 Å². The number of rotatable bonds is 7. The highest BCUT2D eigenvalue weighted by Gasteiger charge is 2.16. The van der Waals surface area contributed by atoms with Crippen molar-refractivity contribution >= 4 is 28.9 Å². The molecule has 1 aromatic heterocycles. The lowest BCUT2D eigenvalue weighted by atomic mass is 10.0. The summed E-state index contributed by atoms with van der Waals surface area (Å²) in [7, 11) is 0. The van der Waals surface area contributed by atoms with Gasteiger partial charge in [0.05, 0.1) is 0 Å². The number of hydrogen-bond donors (Lipinski definition) is 1. The van der Waals surface area contributed by atoms with Crippen LogP contribution < -0.4 is 5.32 Å². The summed E-state index contributed by atoms with van der Waals surface area (Å²) in [5.41, 5.74) is 3.67. The zero-order valence-corrected chi connectivity index (χ0v) is 17.0. The number of carbonyl (C=O) groups excluding carboxylic acids is 2. The lowest BCUT2D eigenvalue weighted by Gasteiger charge is -2.14. The summed E-state index contributed by atoms with van der Waals surface area (Å²) < 4.78 is 18.1. The highest BCUT2D eigenvalue weighted by molar-refractivity contribution is 7.13. The number of aromatic nitrogens is 1. The van der Waals surface area contributed by atoms with Crippen molar-refractivity contribution in [1.82, 2.24) is 4.98 Å². The first-order chi connectivity index (χ1) is 14.0. The molecule has 0 aliphatic rings. The first-order valence-corrected chi connectivity index (χ1v) is 10.2. The van der Waals surface area contributed by atoms with E-state index >= 15 is 0 Å². The van der Waals surface area contributed by atoms with Crippen LogP contribution in [0.5, 0.6) is 0 Å². The quantitative estimate of drug-likeness (QED) is 0.562. The minimum atomic E-state index is -0.677. The number of amides is 1. The van der Waals surface area contributed by atoms with Gasteiger partial charge in [-0.25, -0.2) is 14.2 Å². The number of nitrogens with one attached hydrogen (secondary N) is 1. The van der Waals surface area contributed by atoms with Crippen LogP contribution >= 0.6 is 11.3 Å². The largest absolute Gasteiger partial charge is 0.451 e. The summed E-state index contributed by atoms with van der Waals surface area (Å²) in [4.78, 5) is 28.7. The maximum Gasteiger partial charge on any atom is 0.358 e. The van der Waals surface area contributed by atoms with Gasteiger partial charge in [-0.15, -0.1) is 11.3 Å². The smallest absolute Gasteiger partial charge is 0.358 e. The third-order valence-corrected chi connectivity index (χ3v) is 5.29. The molecule has 1 heterocycles.